The molecule has 1 aromatic rings. The first kappa shape index (κ1) is 17.9. The monoisotopic (exact) mass is 330 g/mol. The van der Waals surface area contributed by atoms with Crippen molar-refractivity contribution >= 4 is 21.6 Å². The van der Waals surface area contributed by atoms with E-state index in [9.17, 15) is 8.42 Å². The Kier molecular flexibility index (Phi) is 7.12. The predicted octanol–water partition coefficient (Wildman–Crippen LogP) is 2.38. The quantitative estimate of drug-likeness (QED) is 0.793. The second-order valence-electron chi connectivity index (χ2n) is 4.59. The molecule has 0 amide bonds. The molecule has 0 atom stereocenters. The van der Waals surface area contributed by atoms with Gasteiger partial charge in [0.15, 0.2) is 0 Å². The Hall–Kier alpha value is -1.13. The standard InChI is InChI=1S/C14H19ClN2O3S/c1-2-3-7-17(8-4-9-18)21(19,20)14-6-5-13(15)10-12(14)11-16/h5-6,10,18H,2-4,7-9H2,1H3. The molecule has 0 fully saturated rings. The molecule has 0 saturated carbocycles. The zero-order valence-corrected chi connectivity index (χ0v) is 13.5. The van der Waals surface area contributed by atoms with Crippen molar-refractivity contribution in [3.63, 3.8) is 0 Å². The molecule has 116 valence electrons. The Labute approximate surface area is 130 Å². The molecule has 5 nitrogen and oxygen atoms in total. The van der Waals surface area contributed by atoms with Crippen molar-refractivity contribution in [2.75, 3.05) is 19.7 Å². The van der Waals surface area contributed by atoms with E-state index in [1.807, 2.05) is 13.0 Å². The van der Waals surface area contributed by atoms with Gasteiger partial charge in [0.25, 0.3) is 0 Å². The van der Waals surface area contributed by atoms with E-state index in [0.29, 0.717) is 18.0 Å². The first-order chi connectivity index (χ1) is 9.97. The summed E-state index contributed by atoms with van der Waals surface area (Å²) < 4.78 is 26.7. The minimum Gasteiger partial charge on any atom is -0.396 e. The molecule has 1 N–H and O–H groups in total. The van der Waals surface area contributed by atoms with Gasteiger partial charge in [-0.25, -0.2) is 8.42 Å². The third-order valence-corrected chi connectivity index (χ3v) is 5.20. The van der Waals surface area contributed by atoms with Crippen LogP contribution in [-0.2, 0) is 10.0 Å². The van der Waals surface area contributed by atoms with Gasteiger partial charge in [-0.2, -0.15) is 9.57 Å². The van der Waals surface area contributed by atoms with Crippen LogP contribution in [0.5, 0.6) is 0 Å². The number of hydrogen-bond acceptors (Lipinski definition) is 4. The maximum atomic E-state index is 12.7. The number of halogens is 1. The SMILES string of the molecule is CCCCN(CCCO)S(=O)(=O)c1ccc(Cl)cc1C#N. The van der Waals surface area contributed by atoms with Crippen molar-refractivity contribution in [3.05, 3.63) is 28.8 Å². The van der Waals surface area contributed by atoms with Gasteiger partial charge in [0.2, 0.25) is 10.0 Å². The molecule has 0 heterocycles. The first-order valence-electron chi connectivity index (χ1n) is 6.78. The molecular weight excluding hydrogens is 312 g/mol. The number of hydrogen-bond donors (Lipinski definition) is 1. The van der Waals surface area contributed by atoms with Gasteiger partial charge in [0.1, 0.15) is 11.0 Å². The number of benzene rings is 1. The van der Waals surface area contributed by atoms with Crippen molar-refractivity contribution in [1.29, 1.82) is 5.26 Å². The van der Waals surface area contributed by atoms with Gasteiger partial charge in [-0.3, -0.25) is 0 Å². The van der Waals surface area contributed by atoms with Gasteiger partial charge in [0, 0.05) is 24.7 Å². The smallest absolute Gasteiger partial charge is 0.244 e. The van der Waals surface area contributed by atoms with Crippen LogP contribution in [0.15, 0.2) is 23.1 Å². The molecule has 0 aliphatic heterocycles. The Morgan fingerprint density at radius 2 is 2.00 bits per heavy atom. The normalized spacial score (nSPS) is 11.6. The van der Waals surface area contributed by atoms with E-state index in [1.54, 1.807) is 0 Å². The maximum absolute atomic E-state index is 12.7. The van der Waals surface area contributed by atoms with Crippen LogP contribution in [0.4, 0.5) is 0 Å². The van der Waals surface area contributed by atoms with Gasteiger partial charge in [-0.1, -0.05) is 24.9 Å². The molecule has 1 rings (SSSR count). The van der Waals surface area contributed by atoms with Crippen LogP contribution >= 0.6 is 11.6 Å². The summed E-state index contributed by atoms with van der Waals surface area (Å²) in [5.41, 5.74) is 0.0352. The van der Waals surface area contributed by atoms with Crippen LogP contribution in [0, 0.1) is 11.3 Å². The third-order valence-electron chi connectivity index (χ3n) is 3.01. The lowest BCUT2D eigenvalue weighted by Gasteiger charge is -2.22. The molecule has 0 aromatic heterocycles. The van der Waals surface area contributed by atoms with Crippen molar-refractivity contribution < 1.29 is 13.5 Å². The number of rotatable bonds is 8. The maximum Gasteiger partial charge on any atom is 0.244 e. The van der Waals surface area contributed by atoms with Crippen LogP contribution in [0.25, 0.3) is 0 Å². The number of unbranched alkanes of at least 4 members (excludes halogenated alkanes) is 1. The van der Waals surface area contributed by atoms with E-state index < -0.39 is 10.0 Å². The van der Waals surface area contributed by atoms with Crippen LogP contribution in [-0.4, -0.2) is 37.5 Å². The summed E-state index contributed by atoms with van der Waals surface area (Å²) in [5, 5.41) is 18.4. The van der Waals surface area contributed by atoms with Gasteiger partial charge in [-0.15, -0.1) is 0 Å². The zero-order valence-electron chi connectivity index (χ0n) is 11.9. The fourth-order valence-electron chi connectivity index (χ4n) is 1.89. The van der Waals surface area contributed by atoms with E-state index >= 15 is 0 Å². The number of aliphatic hydroxyl groups is 1. The molecule has 0 bridgehead atoms. The number of aliphatic hydroxyl groups excluding tert-OH is 1. The minimum atomic E-state index is -3.76. The van der Waals surface area contributed by atoms with Crippen molar-refractivity contribution in [2.45, 2.75) is 31.1 Å². The molecule has 7 heteroatoms. The average molecular weight is 331 g/mol. The number of nitriles is 1. The molecule has 21 heavy (non-hydrogen) atoms. The molecule has 0 spiro atoms. The van der Waals surface area contributed by atoms with Crippen LogP contribution in [0.1, 0.15) is 31.7 Å². The second kappa shape index (κ2) is 8.35. The van der Waals surface area contributed by atoms with E-state index in [1.165, 1.54) is 22.5 Å². The van der Waals surface area contributed by atoms with E-state index in [2.05, 4.69) is 0 Å². The summed E-state index contributed by atoms with van der Waals surface area (Å²) in [5.74, 6) is 0. The molecule has 0 aliphatic carbocycles. The summed E-state index contributed by atoms with van der Waals surface area (Å²) in [6.45, 7) is 2.49. The largest absolute Gasteiger partial charge is 0.396 e. The number of nitrogens with zero attached hydrogens (tertiary/aromatic N) is 2. The Morgan fingerprint density at radius 3 is 2.57 bits per heavy atom. The second-order valence-corrected chi connectivity index (χ2v) is 6.93. The van der Waals surface area contributed by atoms with Crippen molar-refractivity contribution in [3.8, 4) is 6.07 Å². The molecule has 0 unspecified atom stereocenters. The highest BCUT2D eigenvalue weighted by atomic mass is 35.5. The van der Waals surface area contributed by atoms with Gasteiger partial charge in [0.05, 0.1) is 5.56 Å². The molecule has 1 aromatic carbocycles. The molecular formula is C14H19ClN2O3S. The van der Waals surface area contributed by atoms with E-state index in [-0.39, 0.29) is 23.6 Å². The summed E-state index contributed by atoms with van der Waals surface area (Å²) in [4.78, 5) is -0.0385. The van der Waals surface area contributed by atoms with Gasteiger partial charge < -0.3 is 5.11 Å². The highest BCUT2D eigenvalue weighted by Gasteiger charge is 2.26. The zero-order chi connectivity index (χ0) is 15.9. The van der Waals surface area contributed by atoms with Crippen molar-refractivity contribution in [2.24, 2.45) is 0 Å². The lowest BCUT2D eigenvalue weighted by molar-refractivity contribution is 0.268. The predicted molar refractivity (Wildman–Crippen MR) is 81.5 cm³/mol. The fraction of sp³-hybridized carbons (Fsp3) is 0.500. The summed E-state index contributed by atoms with van der Waals surface area (Å²) in [7, 11) is -3.76. The van der Waals surface area contributed by atoms with E-state index in [0.717, 1.165) is 12.8 Å². The molecule has 0 saturated heterocycles. The lowest BCUT2D eigenvalue weighted by Crippen LogP contribution is -2.33. The summed E-state index contributed by atoms with van der Waals surface area (Å²) in [6.07, 6.45) is 1.94. The van der Waals surface area contributed by atoms with Gasteiger partial charge >= 0.3 is 0 Å². The minimum absolute atomic E-state index is 0.0352. The summed E-state index contributed by atoms with van der Waals surface area (Å²) in [6, 6.07) is 6.03. The number of sulfonamides is 1. The Morgan fingerprint density at radius 1 is 1.33 bits per heavy atom. The van der Waals surface area contributed by atoms with Crippen LogP contribution < -0.4 is 0 Å². The van der Waals surface area contributed by atoms with Crippen LogP contribution in [0.3, 0.4) is 0 Å². The molecule has 0 radical (unpaired) electrons. The van der Waals surface area contributed by atoms with Crippen LogP contribution in [0.2, 0.25) is 5.02 Å². The third kappa shape index (κ3) is 4.68. The van der Waals surface area contributed by atoms with Gasteiger partial charge in [-0.05, 0) is 31.0 Å². The highest BCUT2D eigenvalue weighted by molar-refractivity contribution is 7.89. The Balaban J connectivity index is 3.18. The van der Waals surface area contributed by atoms with Crippen molar-refractivity contribution in [1.82, 2.24) is 4.31 Å². The lowest BCUT2D eigenvalue weighted by atomic mass is 10.2. The highest BCUT2D eigenvalue weighted by Crippen LogP contribution is 2.23. The van der Waals surface area contributed by atoms with E-state index in [4.69, 9.17) is 22.0 Å². The topological polar surface area (TPSA) is 81.4 Å². The average Bonchev–Trinajstić information content (AvgIpc) is 2.46. The molecule has 0 aliphatic rings. The summed E-state index contributed by atoms with van der Waals surface area (Å²) >= 11 is 5.80. The Bertz CT molecular complexity index is 603. The first-order valence-corrected chi connectivity index (χ1v) is 8.59. The fourth-order valence-corrected chi connectivity index (χ4v) is 3.70.